The Morgan fingerprint density at radius 3 is 2.78 bits per heavy atom. The molecule has 1 aliphatic carbocycles. The third-order valence-electron chi connectivity index (χ3n) is 4.36. The van der Waals surface area contributed by atoms with Crippen molar-refractivity contribution < 1.29 is 19.2 Å². The predicted octanol–water partition coefficient (Wildman–Crippen LogP) is 1.68. The van der Waals surface area contributed by atoms with Crippen molar-refractivity contribution in [3.8, 4) is 0 Å². The first-order chi connectivity index (χ1) is 11.0. The molecular weight excluding hydrogens is 296 g/mol. The zero-order valence-corrected chi connectivity index (χ0v) is 12.9. The minimum absolute atomic E-state index is 0.0550. The number of anilines is 1. The van der Waals surface area contributed by atoms with Crippen LogP contribution in [0.1, 0.15) is 48.5 Å². The molecule has 1 fully saturated rings. The van der Waals surface area contributed by atoms with Gasteiger partial charge < -0.3 is 10.2 Å². The first kappa shape index (κ1) is 15.4. The maximum Gasteiger partial charge on any atom is 0.255 e. The Labute approximate surface area is 133 Å². The van der Waals surface area contributed by atoms with E-state index in [0.29, 0.717) is 30.5 Å². The summed E-state index contributed by atoms with van der Waals surface area (Å²) >= 11 is 0. The molecule has 6 nitrogen and oxygen atoms in total. The Morgan fingerprint density at radius 2 is 2.04 bits per heavy atom. The minimum atomic E-state index is -0.550. The molecule has 2 aliphatic rings. The van der Waals surface area contributed by atoms with Crippen LogP contribution in [-0.2, 0) is 20.9 Å². The summed E-state index contributed by atoms with van der Waals surface area (Å²) in [6, 6.07) is 4.61. The molecule has 0 bridgehead atoms. The van der Waals surface area contributed by atoms with Crippen LogP contribution in [0.3, 0.4) is 0 Å². The second-order valence-electron chi connectivity index (χ2n) is 6.04. The molecule has 0 aromatic heterocycles. The number of hydrogen-bond acceptors (Lipinski definition) is 4. The van der Waals surface area contributed by atoms with Crippen LogP contribution in [-0.4, -0.2) is 34.3 Å². The van der Waals surface area contributed by atoms with Gasteiger partial charge in [0.15, 0.2) is 5.78 Å². The predicted molar refractivity (Wildman–Crippen MR) is 82.9 cm³/mol. The van der Waals surface area contributed by atoms with E-state index in [-0.39, 0.29) is 36.3 Å². The molecule has 23 heavy (non-hydrogen) atoms. The van der Waals surface area contributed by atoms with E-state index in [1.807, 2.05) is 0 Å². The summed E-state index contributed by atoms with van der Waals surface area (Å²) in [4.78, 5) is 49.3. The average Bonchev–Trinajstić information content (AvgIpc) is 2.71. The monoisotopic (exact) mass is 314 g/mol. The van der Waals surface area contributed by atoms with Crippen molar-refractivity contribution in [2.24, 2.45) is 0 Å². The van der Waals surface area contributed by atoms with Crippen molar-refractivity contribution in [2.45, 2.75) is 45.2 Å². The first-order valence-corrected chi connectivity index (χ1v) is 7.72. The van der Waals surface area contributed by atoms with Crippen molar-refractivity contribution in [1.29, 1.82) is 0 Å². The fourth-order valence-corrected chi connectivity index (χ4v) is 3.30. The van der Waals surface area contributed by atoms with Crippen LogP contribution in [0.15, 0.2) is 18.2 Å². The largest absolute Gasteiger partial charge is 0.326 e. The van der Waals surface area contributed by atoms with Gasteiger partial charge in [-0.25, -0.2) is 0 Å². The van der Waals surface area contributed by atoms with Crippen molar-refractivity contribution >= 4 is 29.1 Å². The second-order valence-corrected chi connectivity index (χ2v) is 6.04. The summed E-state index contributed by atoms with van der Waals surface area (Å²) < 4.78 is 0. The van der Waals surface area contributed by atoms with E-state index in [9.17, 15) is 19.2 Å². The molecule has 3 rings (SSSR count). The van der Waals surface area contributed by atoms with Gasteiger partial charge in [0.05, 0.1) is 12.5 Å². The molecule has 1 atom stereocenters. The number of Topliss-reactive ketones (excluding diaryl/α,β-unsaturated/α-hetero) is 2. The third kappa shape index (κ3) is 2.88. The fraction of sp³-hybridized carbons (Fsp3) is 0.412. The van der Waals surface area contributed by atoms with Gasteiger partial charge in [-0.15, -0.1) is 0 Å². The highest BCUT2D eigenvalue weighted by molar-refractivity contribution is 6.07. The van der Waals surface area contributed by atoms with E-state index in [4.69, 9.17) is 0 Å². The highest BCUT2D eigenvalue weighted by Gasteiger charge is 2.38. The van der Waals surface area contributed by atoms with Gasteiger partial charge in [-0.2, -0.15) is 0 Å². The molecule has 2 amide bonds. The topological polar surface area (TPSA) is 83.6 Å². The summed E-state index contributed by atoms with van der Waals surface area (Å²) in [7, 11) is 0. The normalized spacial score (nSPS) is 21.2. The highest BCUT2D eigenvalue weighted by atomic mass is 16.2. The summed E-state index contributed by atoms with van der Waals surface area (Å²) in [5.41, 5.74) is 1.85. The zero-order valence-electron chi connectivity index (χ0n) is 12.9. The maximum absolute atomic E-state index is 12.6. The molecule has 1 N–H and O–H groups in total. The second kappa shape index (κ2) is 5.95. The molecular formula is C17H18N2O4. The molecule has 6 heteroatoms. The average molecular weight is 314 g/mol. The molecule has 0 radical (unpaired) electrons. The van der Waals surface area contributed by atoms with E-state index < -0.39 is 6.04 Å². The Morgan fingerprint density at radius 1 is 1.26 bits per heavy atom. The lowest BCUT2D eigenvalue weighted by Gasteiger charge is -2.25. The summed E-state index contributed by atoms with van der Waals surface area (Å²) in [5, 5.41) is 2.72. The number of carbonyl (C=O) groups excluding carboxylic acids is 4. The number of fused-ring (bicyclic) bond motifs is 1. The Kier molecular flexibility index (Phi) is 3.98. The molecule has 1 aromatic rings. The van der Waals surface area contributed by atoms with Crippen LogP contribution in [0.25, 0.3) is 0 Å². The first-order valence-electron chi connectivity index (χ1n) is 7.72. The number of nitrogens with zero attached hydrogens (tertiary/aromatic N) is 1. The van der Waals surface area contributed by atoms with Gasteiger partial charge in [0.2, 0.25) is 5.91 Å². The van der Waals surface area contributed by atoms with Crippen LogP contribution < -0.4 is 5.32 Å². The van der Waals surface area contributed by atoms with Gasteiger partial charge in [-0.1, -0.05) is 6.07 Å². The number of amides is 2. The standard InChI is InChI=1S/C17H18N2O4/c1-10(20)18-14-6-3-5-12-13(14)9-19(17(12)23)15-7-2-4-11(21)8-16(15)22/h3,5-6,15H,2,4,7-9H2,1H3,(H,18,20)/t15-/m0/s1. The molecule has 0 saturated heterocycles. The van der Waals surface area contributed by atoms with Gasteiger partial charge in [-0.3, -0.25) is 19.2 Å². The lowest BCUT2D eigenvalue weighted by atomic mass is 10.1. The fourth-order valence-electron chi connectivity index (χ4n) is 3.30. The van der Waals surface area contributed by atoms with Gasteiger partial charge >= 0.3 is 0 Å². The molecule has 0 spiro atoms. The summed E-state index contributed by atoms with van der Waals surface area (Å²) in [5.74, 6) is -0.657. The van der Waals surface area contributed by atoms with E-state index in [1.165, 1.54) is 11.8 Å². The number of ketones is 2. The van der Waals surface area contributed by atoms with Gasteiger partial charge in [0.1, 0.15) is 5.78 Å². The smallest absolute Gasteiger partial charge is 0.255 e. The quantitative estimate of drug-likeness (QED) is 0.665. The van der Waals surface area contributed by atoms with Crippen LogP contribution in [0.5, 0.6) is 0 Å². The van der Waals surface area contributed by atoms with E-state index in [0.717, 1.165) is 5.56 Å². The molecule has 0 unspecified atom stereocenters. The van der Waals surface area contributed by atoms with Crippen LogP contribution in [0, 0.1) is 0 Å². The van der Waals surface area contributed by atoms with Crippen molar-refractivity contribution in [3.63, 3.8) is 0 Å². The molecule has 1 saturated carbocycles. The highest BCUT2D eigenvalue weighted by Crippen LogP contribution is 2.32. The SMILES string of the molecule is CC(=O)Nc1cccc2c1CN([C@H]1CCCC(=O)CC1=O)C2=O. The van der Waals surface area contributed by atoms with Crippen molar-refractivity contribution in [1.82, 2.24) is 4.90 Å². The van der Waals surface area contributed by atoms with E-state index >= 15 is 0 Å². The van der Waals surface area contributed by atoms with Crippen LogP contribution >= 0.6 is 0 Å². The van der Waals surface area contributed by atoms with Gasteiger partial charge in [0, 0.05) is 36.7 Å². The lowest BCUT2D eigenvalue weighted by Crippen LogP contribution is -2.41. The molecule has 1 aromatic carbocycles. The van der Waals surface area contributed by atoms with E-state index in [2.05, 4.69) is 5.32 Å². The number of benzene rings is 1. The number of carbonyl (C=O) groups is 4. The molecule has 1 aliphatic heterocycles. The van der Waals surface area contributed by atoms with Crippen LogP contribution in [0.4, 0.5) is 5.69 Å². The Balaban J connectivity index is 1.89. The minimum Gasteiger partial charge on any atom is -0.326 e. The van der Waals surface area contributed by atoms with Crippen molar-refractivity contribution in [2.75, 3.05) is 5.32 Å². The van der Waals surface area contributed by atoms with Crippen LogP contribution in [0.2, 0.25) is 0 Å². The van der Waals surface area contributed by atoms with Gasteiger partial charge in [-0.05, 0) is 25.0 Å². The molecule has 120 valence electrons. The number of hydrogen-bond donors (Lipinski definition) is 1. The third-order valence-corrected chi connectivity index (χ3v) is 4.36. The maximum atomic E-state index is 12.6. The van der Waals surface area contributed by atoms with E-state index in [1.54, 1.807) is 18.2 Å². The lowest BCUT2D eigenvalue weighted by molar-refractivity contribution is -0.128. The zero-order chi connectivity index (χ0) is 16.6. The van der Waals surface area contributed by atoms with Crippen molar-refractivity contribution in [3.05, 3.63) is 29.3 Å². The summed E-state index contributed by atoms with van der Waals surface area (Å²) in [6.07, 6.45) is 1.44. The Hall–Kier alpha value is -2.50. The Bertz CT molecular complexity index is 711. The summed E-state index contributed by atoms with van der Waals surface area (Å²) in [6.45, 7) is 1.70. The number of rotatable bonds is 2. The number of nitrogens with one attached hydrogen (secondary N) is 1. The molecule has 1 heterocycles. The van der Waals surface area contributed by atoms with Gasteiger partial charge in [0.25, 0.3) is 5.91 Å².